The second-order valence-corrected chi connectivity index (χ2v) is 5.34. The summed E-state index contributed by atoms with van der Waals surface area (Å²) in [5.74, 6) is 0.297. The van der Waals surface area contributed by atoms with Crippen LogP contribution in [0.4, 0.5) is 5.69 Å². The topological polar surface area (TPSA) is 83.1 Å². The molecule has 0 aliphatic heterocycles. The Morgan fingerprint density at radius 2 is 1.54 bits per heavy atom. The molecule has 7 nitrogen and oxygen atoms in total. The number of benzene rings is 2. The first-order valence-electron chi connectivity index (χ1n) is 7.76. The highest BCUT2D eigenvalue weighted by atomic mass is 16.5. The number of esters is 1. The molecule has 0 atom stereocenters. The molecule has 0 bridgehead atoms. The fourth-order valence-electron chi connectivity index (χ4n) is 2.51. The summed E-state index contributed by atoms with van der Waals surface area (Å²) in [4.78, 5) is 24.5. The lowest BCUT2D eigenvalue weighted by atomic mass is 10.1. The zero-order valence-electron chi connectivity index (χ0n) is 15.3. The Labute approximate surface area is 151 Å². The third-order valence-electron chi connectivity index (χ3n) is 3.91. The monoisotopic (exact) mass is 359 g/mol. The van der Waals surface area contributed by atoms with Gasteiger partial charge in [-0.15, -0.1) is 0 Å². The minimum atomic E-state index is -0.466. The van der Waals surface area contributed by atoms with E-state index in [-0.39, 0.29) is 5.91 Å². The van der Waals surface area contributed by atoms with Crippen molar-refractivity contribution in [3.8, 4) is 17.2 Å². The molecule has 0 aliphatic rings. The van der Waals surface area contributed by atoms with Crippen LogP contribution in [0, 0.1) is 6.92 Å². The fraction of sp³-hybridized carbons (Fsp3) is 0.263. The van der Waals surface area contributed by atoms with E-state index < -0.39 is 5.97 Å². The molecule has 1 amide bonds. The van der Waals surface area contributed by atoms with Gasteiger partial charge in [-0.3, -0.25) is 4.79 Å². The van der Waals surface area contributed by atoms with Crippen LogP contribution < -0.4 is 19.5 Å². The van der Waals surface area contributed by atoms with E-state index in [1.807, 2.05) is 0 Å². The largest absolute Gasteiger partial charge is 0.493 e. The second-order valence-electron chi connectivity index (χ2n) is 5.34. The average Bonchev–Trinajstić information content (AvgIpc) is 2.67. The Bertz CT molecular complexity index is 806. The molecule has 0 aliphatic carbocycles. The van der Waals surface area contributed by atoms with Gasteiger partial charge in [0.2, 0.25) is 5.75 Å². The van der Waals surface area contributed by atoms with Crippen molar-refractivity contribution >= 4 is 17.6 Å². The number of methoxy groups -OCH3 is 4. The van der Waals surface area contributed by atoms with Gasteiger partial charge in [-0.1, -0.05) is 6.07 Å². The predicted molar refractivity (Wildman–Crippen MR) is 96.6 cm³/mol. The molecule has 0 heterocycles. The van der Waals surface area contributed by atoms with Crippen LogP contribution in [-0.4, -0.2) is 40.3 Å². The molecule has 0 unspecified atom stereocenters. The maximum absolute atomic E-state index is 12.7. The van der Waals surface area contributed by atoms with Crippen molar-refractivity contribution in [3.63, 3.8) is 0 Å². The van der Waals surface area contributed by atoms with Crippen LogP contribution in [-0.2, 0) is 4.74 Å². The van der Waals surface area contributed by atoms with E-state index in [2.05, 4.69) is 5.32 Å². The Morgan fingerprint density at radius 1 is 0.923 bits per heavy atom. The van der Waals surface area contributed by atoms with Gasteiger partial charge in [0.05, 0.1) is 34.0 Å². The highest BCUT2D eigenvalue weighted by Gasteiger charge is 2.18. The zero-order chi connectivity index (χ0) is 19.3. The lowest BCUT2D eigenvalue weighted by molar-refractivity contribution is 0.0599. The van der Waals surface area contributed by atoms with Crippen LogP contribution in [0.15, 0.2) is 30.3 Å². The summed E-state index contributed by atoms with van der Waals surface area (Å²) < 4.78 is 20.5. The Balaban J connectivity index is 2.38. The van der Waals surface area contributed by atoms with Crippen LogP contribution in [0.5, 0.6) is 17.2 Å². The van der Waals surface area contributed by atoms with E-state index in [1.165, 1.54) is 28.4 Å². The van der Waals surface area contributed by atoms with Gasteiger partial charge in [-0.25, -0.2) is 4.79 Å². The second kappa shape index (κ2) is 8.24. The van der Waals surface area contributed by atoms with E-state index in [9.17, 15) is 9.59 Å². The molecule has 7 heteroatoms. The summed E-state index contributed by atoms with van der Waals surface area (Å²) >= 11 is 0. The molecule has 0 fully saturated rings. The fourth-order valence-corrected chi connectivity index (χ4v) is 2.51. The minimum absolute atomic E-state index is 0.322. The summed E-state index contributed by atoms with van der Waals surface area (Å²) in [5.41, 5.74) is 1.82. The summed E-state index contributed by atoms with van der Waals surface area (Å²) in [6, 6.07) is 8.12. The number of carbonyl (C=O) groups excluding carboxylic acids is 2. The molecule has 0 saturated heterocycles. The number of amides is 1. The predicted octanol–water partition coefficient (Wildman–Crippen LogP) is 3.06. The van der Waals surface area contributed by atoms with Crippen molar-refractivity contribution in [3.05, 3.63) is 47.0 Å². The molecule has 0 saturated carbocycles. The first-order chi connectivity index (χ1) is 12.5. The van der Waals surface area contributed by atoms with Crippen molar-refractivity contribution in [2.75, 3.05) is 33.8 Å². The molecular weight excluding hydrogens is 338 g/mol. The summed E-state index contributed by atoms with van der Waals surface area (Å²) in [7, 11) is 5.75. The first-order valence-corrected chi connectivity index (χ1v) is 7.76. The average molecular weight is 359 g/mol. The van der Waals surface area contributed by atoms with Gasteiger partial charge in [-0.05, 0) is 36.8 Å². The molecule has 2 aromatic carbocycles. The van der Waals surface area contributed by atoms with Gasteiger partial charge in [0.1, 0.15) is 0 Å². The maximum atomic E-state index is 12.7. The number of ether oxygens (including phenoxy) is 4. The molecule has 2 rings (SSSR count). The van der Waals surface area contributed by atoms with Crippen LogP contribution in [0.3, 0.4) is 0 Å². The number of carbonyl (C=O) groups is 2. The quantitative estimate of drug-likeness (QED) is 0.798. The highest BCUT2D eigenvalue weighted by Crippen LogP contribution is 2.38. The summed E-state index contributed by atoms with van der Waals surface area (Å²) in [6.07, 6.45) is 0. The van der Waals surface area contributed by atoms with Crippen molar-refractivity contribution < 1.29 is 28.5 Å². The van der Waals surface area contributed by atoms with Crippen LogP contribution in [0.1, 0.15) is 26.3 Å². The number of hydrogen-bond acceptors (Lipinski definition) is 6. The van der Waals surface area contributed by atoms with Gasteiger partial charge in [0.15, 0.2) is 11.5 Å². The number of anilines is 1. The van der Waals surface area contributed by atoms with Gasteiger partial charge < -0.3 is 24.3 Å². The van der Waals surface area contributed by atoms with Crippen LogP contribution >= 0.6 is 0 Å². The summed E-state index contributed by atoms with van der Waals surface area (Å²) in [5, 5.41) is 2.79. The van der Waals surface area contributed by atoms with E-state index in [1.54, 1.807) is 37.3 Å². The van der Waals surface area contributed by atoms with E-state index in [0.29, 0.717) is 39.6 Å². The molecule has 0 spiro atoms. The number of rotatable bonds is 6. The normalized spacial score (nSPS) is 10.0. The van der Waals surface area contributed by atoms with Crippen LogP contribution in [0.25, 0.3) is 0 Å². The Kier molecular flexibility index (Phi) is 6.06. The van der Waals surface area contributed by atoms with Crippen molar-refractivity contribution in [1.82, 2.24) is 0 Å². The highest BCUT2D eigenvalue weighted by molar-refractivity contribution is 6.06. The number of nitrogens with one attached hydrogen (secondary N) is 1. The molecular formula is C19H21NO6. The van der Waals surface area contributed by atoms with Crippen molar-refractivity contribution in [2.45, 2.75) is 6.92 Å². The van der Waals surface area contributed by atoms with Crippen LogP contribution in [0.2, 0.25) is 0 Å². The van der Waals surface area contributed by atoms with E-state index in [0.717, 1.165) is 0 Å². The third kappa shape index (κ3) is 3.72. The van der Waals surface area contributed by atoms with Crippen molar-refractivity contribution in [2.24, 2.45) is 0 Å². The molecule has 1 N–H and O–H groups in total. The number of hydrogen-bond donors (Lipinski definition) is 1. The third-order valence-corrected chi connectivity index (χ3v) is 3.91. The Morgan fingerprint density at radius 3 is 2.04 bits per heavy atom. The van der Waals surface area contributed by atoms with Gasteiger partial charge in [0, 0.05) is 11.3 Å². The maximum Gasteiger partial charge on any atom is 0.338 e. The molecule has 26 heavy (non-hydrogen) atoms. The van der Waals surface area contributed by atoms with Gasteiger partial charge in [-0.2, -0.15) is 0 Å². The lowest BCUT2D eigenvalue weighted by Crippen LogP contribution is -2.15. The lowest BCUT2D eigenvalue weighted by Gasteiger charge is -2.15. The van der Waals surface area contributed by atoms with Crippen molar-refractivity contribution in [1.29, 1.82) is 0 Å². The SMILES string of the molecule is COC(=O)c1cccc(NC(=O)c2cc(OC)c(OC)c(OC)c2)c1C. The van der Waals surface area contributed by atoms with Gasteiger partial charge in [0.25, 0.3) is 5.91 Å². The van der Waals surface area contributed by atoms with E-state index >= 15 is 0 Å². The van der Waals surface area contributed by atoms with Gasteiger partial charge >= 0.3 is 5.97 Å². The van der Waals surface area contributed by atoms with E-state index in [4.69, 9.17) is 18.9 Å². The zero-order valence-corrected chi connectivity index (χ0v) is 15.3. The first kappa shape index (κ1) is 19.1. The smallest absolute Gasteiger partial charge is 0.338 e. The minimum Gasteiger partial charge on any atom is -0.493 e. The summed E-state index contributed by atoms with van der Waals surface area (Å²) in [6.45, 7) is 1.73. The molecule has 0 aromatic heterocycles. The molecule has 138 valence electrons. The Hall–Kier alpha value is -3.22. The standard InChI is InChI=1S/C19H21NO6/c1-11-13(19(22)26-5)7-6-8-14(11)20-18(21)12-9-15(23-2)17(25-4)16(10-12)24-3/h6-10H,1-5H3,(H,20,21). The molecule has 0 radical (unpaired) electrons. The molecule has 2 aromatic rings.